The minimum absolute atomic E-state index is 0.217. The van der Waals surface area contributed by atoms with E-state index in [4.69, 9.17) is 16.3 Å². The molecule has 2 heterocycles. The van der Waals surface area contributed by atoms with Gasteiger partial charge in [0.05, 0.1) is 31.7 Å². The molecule has 0 saturated carbocycles. The van der Waals surface area contributed by atoms with Crippen LogP contribution in [0.15, 0.2) is 60.7 Å². The first kappa shape index (κ1) is 20.9. The molecule has 0 bridgehead atoms. The lowest BCUT2D eigenvalue weighted by atomic mass is 10.1. The molecule has 4 rings (SSSR count). The Morgan fingerprint density at radius 1 is 1.06 bits per heavy atom. The Morgan fingerprint density at radius 3 is 2.65 bits per heavy atom. The third-order valence-electron chi connectivity index (χ3n) is 4.30. The monoisotopic (exact) mass is 458 g/mol. The fourth-order valence-electron chi connectivity index (χ4n) is 2.91. The molecular weight excluding hydrogens is 446 g/mol. The van der Waals surface area contributed by atoms with Crippen molar-refractivity contribution >= 4 is 51.4 Å². The number of fused-ring (bicyclic) bond motifs is 1. The zero-order valence-corrected chi connectivity index (χ0v) is 17.3. The van der Waals surface area contributed by atoms with E-state index in [1.807, 2.05) is 0 Å². The van der Waals surface area contributed by atoms with Crippen molar-refractivity contribution in [1.82, 2.24) is 4.98 Å². The highest BCUT2D eigenvalue weighted by atomic mass is 35.5. The van der Waals surface area contributed by atoms with E-state index in [2.05, 4.69) is 10.3 Å². The van der Waals surface area contributed by atoms with Gasteiger partial charge >= 0.3 is 5.97 Å². The molecule has 9 heteroatoms. The van der Waals surface area contributed by atoms with Gasteiger partial charge < -0.3 is 10.1 Å². The predicted molar refractivity (Wildman–Crippen MR) is 115 cm³/mol. The summed E-state index contributed by atoms with van der Waals surface area (Å²) in [6.45, 7) is -0.675. The number of hydrogen-bond acceptors (Lipinski definition) is 5. The number of anilines is 1. The SMILES string of the molecule is O=C(COC(=O)c1cc(-c2ccc(Cl)s2)nc2ccccc12)Nc1cc(F)ccc1F. The van der Waals surface area contributed by atoms with Crippen LogP contribution in [0.4, 0.5) is 14.5 Å². The van der Waals surface area contributed by atoms with Crippen molar-refractivity contribution in [2.45, 2.75) is 0 Å². The van der Waals surface area contributed by atoms with E-state index in [1.54, 1.807) is 42.5 Å². The Hall–Kier alpha value is -3.36. The van der Waals surface area contributed by atoms with Gasteiger partial charge in [0, 0.05) is 11.5 Å². The smallest absolute Gasteiger partial charge is 0.339 e. The summed E-state index contributed by atoms with van der Waals surface area (Å²) in [7, 11) is 0. The summed E-state index contributed by atoms with van der Waals surface area (Å²) in [5, 5.41) is 2.73. The number of pyridine rings is 1. The molecule has 5 nitrogen and oxygen atoms in total. The normalized spacial score (nSPS) is 10.8. The molecule has 0 saturated heterocycles. The van der Waals surface area contributed by atoms with Gasteiger partial charge in [0.15, 0.2) is 6.61 Å². The fourth-order valence-corrected chi connectivity index (χ4v) is 3.91. The predicted octanol–water partition coefficient (Wildman–Crippen LogP) is 5.69. The van der Waals surface area contributed by atoms with Crippen LogP contribution in [0.3, 0.4) is 0 Å². The molecule has 0 fully saturated rings. The van der Waals surface area contributed by atoms with Gasteiger partial charge in [0.25, 0.3) is 5.91 Å². The Bertz CT molecular complexity index is 1310. The van der Waals surface area contributed by atoms with Crippen LogP contribution in [-0.4, -0.2) is 23.5 Å². The number of thiophene rings is 1. The van der Waals surface area contributed by atoms with E-state index in [-0.39, 0.29) is 11.3 Å². The summed E-state index contributed by atoms with van der Waals surface area (Å²) in [6, 6.07) is 14.7. The molecule has 0 unspecified atom stereocenters. The van der Waals surface area contributed by atoms with E-state index in [1.165, 1.54) is 11.3 Å². The minimum atomic E-state index is -0.805. The van der Waals surface area contributed by atoms with Crippen LogP contribution < -0.4 is 5.32 Å². The van der Waals surface area contributed by atoms with Gasteiger partial charge in [-0.15, -0.1) is 11.3 Å². The number of halogens is 3. The number of esters is 1. The molecule has 0 radical (unpaired) electrons. The molecule has 4 aromatic rings. The molecule has 0 spiro atoms. The topological polar surface area (TPSA) is 68.3 Å². The van der Waals surface area contributed by atoms with Gasteiger partial charge in [-0.25, -0.2) is 18.6 Å². The summed E-state index contributed by atoms with van der Waals surface area (Å²) in [5.74, 6) is -3.07. The quantitative estimate of drug-likeness (QED) is 0.390. The summed E-state index contributed by atoms with van der Waals surface area (Å²) in [5.41, 5.74) is 0.985. The number of amides is 1. The molecule has 0 aliphatic carbocycles. The zero-order valence-electron chi connectivity index (χ0n) is 15.7. The van der Waals surface area contributed by atoms with Crippen LogP contribution >= 0.6 is 22.9 Å². The number of carbonyl (C=O) groups is 2. The number of carbonyl (C=O) groups excluding carboxylic acids is 2. The minimum Gasteiger partial charge on any atom is -0.452 e. The number of hydrogen-bond donors (Lipinski definition) is 1. The van der Waals surface area contributed by atoms with Crippen LogP contribution in [0.5, 0.6) is 0 Å². The first-order chi connectivity index (χ1) is 14.9. The lowest BCUT2D eigenvalue weighted by Gasteiger charge is -2.10. The van der Waals surface area contributed by atoms with Crippen LogP contribution in [-0.2, 0) is 9.53 Å². The standard InChI is InChI=1S/C22H13ClF2N2O3S/c23-20-8-7-19(31-20)18-10-14(13-3-1-2-4-16(13)26-18)22(29)30-11-21(28)27-17-9-12(24)5-6-15(17)25/h1-10H,11H2,(H,27,28). The second kappa shape index (κ2) is 8.79. The molecule has 0 aliphatic rings. The van der Waals surface area contributed by atoms with Crippen molar-refractivity contribution < 1.29 is 23.1 Å². The number of ether oxygens (including phenoxy) is 1. The van der Waals surface area contributed by atoms with E-state index < -0.39 is 30.1 Å². The summed E-state index contributed by atoms with van der Waals surface area (Å²) >= 11 is 7.32. The Balaban J connectivity index is 1.55. The van der Waals surface area contributed by atoms with Crippen molar-refractivity contribution in [1.29, 1.82) is 0 Å². The maximum absolute atomic E-state index is 13.7. The van der Waals surface area contributed by atoms with E-state index in [0.29, 0.717) is 20.9 Å². The highest BCUT2D eigenvalue weighted by Gasteiger charge is 2.18. The number of benzene rings is 2. The average Bonchev–Trinajstić information content (AvgIpc) is 3.20. The van der Waals surface area contributed by atoms with Gasteiger partial charge in [-0.3, -0.25) is 4.79 Å². The maximum Gasteiger partial charge on any atom is 0.339 e. The number of para-hydroxylation sites is 1. The van der Waals surface area contributed by atoms with Crippen LogP contribution in [0, 0.1) is 11.6 Å². The second-order valence-corrected chi connectivity index (χ2v) is 8.14. The van der Waals surface area contributed by atoms with Crippen LogP contribution in [0.2, 0.25) is 4.34 Å². The molecule has 2 aromatic heterocycles. The average molecular weight is 459 g/mol. The van der Waals surface area contributed by atoms with E-state index in [0.717, 1.165) is 23.1 Å². The lowest BCUT2D eigenvalue weighted by molar-refractivity contribution is -0.119. The molecular formula is C22H13ClF2N2O3S. The Morgan fingerprint density at radius 2 is 1.87 bits per heavy atom. The van der Waals surface area contributed by atoms with Crippen molar-refractivity contribution in [2.75, 3.05) is 11.9 Å². The fraction of sp³-hybridized carbons (Fsp3) is 0.0455. The Kier molecular flexibility index (Phi) is 5.92. The largest absolute Gasteiger partial charge is 0.452 e. The highest BCUT2D eigenvalue weighted by Crippen LogP contribution is 2.32. The highest BCUT2D eigenvalue weighted by molar-refractivity contribution is 7.19. The van der Waals surface area contributed by atoms with Crippen molar-refractivity contribution in [2.24, 2.45) is 0 Å². The van der Waals surface area contributed by atoms with Gasteiger partial charge in [-0.05, 0) is 36.4 Å². The van der Waals surface area contributed by atoms with Crippen molar-refractivity contribution in [3.63, 3.8) is 0 Å². The van der Waals surface area contributed by atoms with Crippen LogP contribution in [0.25, 0.3) is 21.5 Å². The number of rotatable bonds is 5. The molecule has 0 atom stereocenters. The second-order valence-electron chi connectivity index (χ2n) is 6.42. The number of aromatic nitrogens is 1. The first-order valence-corrected chi connectivity index (χ1v) is 10.2. The Labute approximate surface area is 184 Å². The van der Waals surface area contributed by atoms with E-state index in [9.17, 15) is 18.4 Å². The molecule has 0 aliphatic heterocycles. The summed E-state index contributed by atoms with van der Waals surface area (Å²) in [6.07, 6.45) is 0. The first-order valence-electron chi connectivity index (χ1n) is 8.98. The van der Waals surface area contributed by atoms with Crippen molar-refractivity contribution in [3.05, 3.63) is 82.2 Å². The molecule has 31 heavy (non-hydrogen) atoms. The van der Waals surface area contributed by atoms with Gasteiger partial charge in [-0.2, -0.15) is 0 Å². The molecule has 1 amide bonds. The molecule has 2 aromatic carbocycles. The van der Waals surface area contributed by atoms with Gasteiger partial charge in [-0.1, -0.05) is 29.8 Å². The third-order valence-corrected chi connectivity index (χ3v) is 5.55. The third kappa shape index (κ3) is 4.70. The summed E-state index contributed by atoms with van der Waals surface area (Å²) in [4.78, 5) is 30.1. The van der Waals surface area contributed by atoms with Crippen LogP contribution in [0.1, 0.15) is 10.4 Å². The maximum atomic E-state index is 13.7. The summed E-state index contributed by atoms with van der Waals surface area (Å²) < 4.78 is 32.6. The molecule has 156 valence electrons. The lowest BCUT2D eigenvalue weighted by Crippen LogP contribution is -2.21. The number of nitrogens with one attached hydrogen (secondary N) is 1. The van der Waals surface area contributed by atoms with Gasteiger partial charge in [0.2, 0.25) is 0 Å². The zero-order chi connectivity index (χ0) is 22.0. The van der Waals surface area contributed by atoms with Crippen molar-refractivity contribution in [3.8, 4) is 10.6 Å². The van der Waals surface area contributed by atoms with E-state index >= 15 is 0 Å². The van der Waals surface area contributed by atoms with Gasteiger partial charge in [0.1, 0.15) is 11.6 Å². The molecule has 1 N–H and O–H groups in total. The number of nitrogens with zero attached hydrogens (tertiary/aromatic N) is 1.